The van der Waals surface area contributed by atoms with E-state index in [1.807, 2.05) is 20.7 Å². The summed E-state index contributed by atoms with van der Waals surface area (Å²) in [7, 11) is -3.82. The topological polar surface area (TPSA) is 111 Å². The van der Waals surface area contributed by atoms with Crippen molar-refractivity contribution in [3.63, 3.8) is 0 Å². The maximum Gasteiger partial charge on any atom is 0.395 e. The molecule has 290 valence electrons. The molecule has 0 saturated carbocycles. The average Bonchev–Trinajstić information content (AvgIpc) is 3.02. The van der Waals surface area contributed by atoms with E-state index in [-0.39, 0.29) is 24.5 Å². The number of hydrogen-bond acceptors (Lipinski definition) is 6. The van der Waals surface area contributed by atoms with Gasteiger partial charge in [-0.15, -0.1) is 0 Å². The van der Waals surface area contributed by atoms with Crippen molar-refractivity contribution < 1.29 is 62.6 Å². The molecule has 8 nitrogen and oxygen atoms in total. The van der Waals surface area contributed by atoms with Crippen molar-refractivity contribution >= 4 is 55.6 Å². The van der Waals surface area contributed by atoms with E-state index in [9.17, 15) is 53.1 Å². The van der Waals surface area contributed by atoms with E-state index in [2.05, 4.69) is 13.9 Å². The van der Waals surface area contributed by atoms with Crippen molar-refractivity contribution in [3.05, 3.63) is 71.3 Å². The van der Waals surface area contributed by atoms with Crippen molar-refractivity contribution in [2.45, 2.75) is 81.2 Å². The minimum Gasteiger partial charge on any atom is -0.461 e. The fraction of sp³-hybridized carbons (Fsp3) is 0.531. The van der Waals surface area contributed by atoms with Crippen molar-refractivity contribution in [1.82, 2.24) is 4.72 Å². The molecule has 0 amide bonds. The molecule has 0 aliphatic heterocycles. The minimum absolute atomic E-state index is 0.0416. The predicted octanol–water partition coefficient (Wildman–Crippen LogP) is 7.82. The third-order valence-corrected chi connectivity index (χ3v) is 9.36. The van der Waals surface area contributed by atoms with E-state index in [0.717, 1.165) is 12.1 Å². The molecule has 0 unspecified atom stereocenters. The maximum absolute atomic E-state index is 14.9. The van der Waals surface area contributed by atoms with Gasteiger partial charge in [0, 0.05) is 27.1 Å². The predicted molar refractivity (Wildman–Crippen MR) is 184 cm³/mol. The first kappa shape index (κ1) is 48.2. The molecule has 2 aromatic carbocycles. The maximum atomic E-state index is 14.9. The summed E-state index contributed by atoms with van der Waals surface area (Å²) < 4.78 is 144. The Morgan fingerprint density at radius 3 is 1.63 bits per heavy atom. The van der Waals surface area contributed by atoms with E-state index in [1.165, 1.54) is 65.0 Å². The molecule has 0 spiro atoms. The number of hydrogen-bond donors (Lipinski definition) is 1. The molecule has 0 aliphatic carbocycles. The lowest BCUT2D eigenvalue weighted by Gasteiger charge is -2.39. The standard InChI is InChI=1S/C16H21F4NO3S.C12H15F2NOS.C4H5BrF2O2/c1-5-24-13(22)16(19,20)15(10-17,21-25(23)14(2,3)4)11-8-6-7-9-12(11)18;1-12(2,3)17(16)15-11(8-13)9-6-4-5-7-10(9)14;1-2-9-3(8)4(5,6)7/h6-9,21H,5,10H2,1-4H3;4-7H,8H2,1-3H3;2H2,1H3/t15-,25-;17-;/m11./s1. The van der Waals surface area contributed by atoms with Crippen molar-refractivity contribution in [2.24, 2.45) is 4.40 Å². The molecule has 0 fully saturated rings. The SMILES string of the molecule is CC(C)(C)[S@@](=O)N=C(CF)c1ccccc1F.CCOC(=O)C(F)(F)Br.CCOC(=O)C(F)(F)[C@](CF)(N[S@](=O)C(C)(C)C)c1ccccc1F. The van der Waals surface area contributed by atoms with E-state index in [4.69, 9.17) is 0 Å². The first-order valence-electron chi connectivity index (χ1n) is 14.9. The molecule has 3 atom stereocenters. The summed E-state index contributed by atoms with van der Waals surface area (Å²) in [5.41, 5.74) is -4.04. The summed E-state index contributed by atoms with van der Waals surface area (Å²) in [5.74, 6) is -9.82. The number of carbonyl (C=O) groups excluding carboxylic acids is 2. The Balaban J connectivity index is 0.000000826. The number of rotatable bonds is 12. The van der Waals surface area contributed by atoms with Gasteiger partial charge in [-0.2, -0.15) is 22.0 Å². The highest BCUT2D eigenvalue weighted by Gasteiger charge is 2.64. The molecule has 2 aromatic rings. The highest BCUT2D eigenvalue weighted by atomic mass is 79.9. The van der Waals surface area contributed by atoms with Gasteiger partial charge < -0.3 is 9.47 Å². The third kappa shape index (κ3) is 14.3. The molecular weight excluding hydrogens is 804 g/mol. The summed E-state index contributed by atoms with van der Waals surface area (Å²) in [4.78, 5) is 18.3. The molecule has 19 heteroatoms. The summed E-state index contributed by atoms with van der Waals surface area (Å²) in [5, 5.41) is 0. The second-order valence-corrected chi connectivity index (χ2v) is 16.9. The van der Waals surface area contributed by atoms with Crippen LogP contribution in [0.4, 0.5) is 35.1 Å². The molecule has 0 aliphatic rings. The molecule has 0 saturated heterocycles. The highest BCUT2D eigenvalue weighted by Crippen LogP contribution is 2.41. The van der Waals surface area contributed by atoms with Gasteiger partial charge in [-0.25, -0.2) is 40.3 Å². The summed E-state index contributed by atoms with van der Waals surface area (Å²) in [6, 6.07) is 9.95. The number of benzene rings is 2. The largest absolute Gasteiger partial charge is 0.461 e. The number of carbonyl (C=O) groups is 2. The first-order valence-corrected chi connectivity index (χ1v) is 17.9. The van der Waals surface area contributed by atoms with Gasteiger partial charge in [-0.1, -0.05) is 36.4 Å². The van der Waals surface area contributed by atoms with Crippen LogP contribution < -0.4 is 4.72 Å². The number of alkyl halides is 7. The molecule has 0 radical (unpaired) electrons. The molecule has 0 bridgehead atoms. The number of halogens is 9. The molecule has 0 aromatic heterocycles. The molecule has 0 heterocycles. The number of nitrogens with zero attached hydrogens (tertiary/aromatic N) is 1. The second-order valence-electron chi connectivity index (χ2n) is 12.0. The van der Waals surface area contributed by atoms with E-state index >= 15 is 0 Å². The fourth-order valence-electron chi connectivity index (χ4n) is 3.28. The van der Waals surface area contributed by atoms with Crippen LogP contribution in [0.3, 0.4) is 0 Å². The Morgan fingerprint density at radius 2 is 1.25 bits per heavy atom. The zero-order valence-corrected chi connectivity index (χ0v) is 32.3. The van der Waals surface area contributed by atoms with Crippen LogP contribution in [0, 0.1) is 11.6 Å². The number of esters is 2. The van der Waals surface area contributed by atoms with Crippen molar-refractivity contribution in [1.29, 1.82) is 0 Å². The zero-order valence-electron chi connectivity index (χ0n) is 29.1. The minimum atomic E-state index is -4.51. The normalized spacial score (nSPS) is 14.8. The van der Waals surface area contributed by atoms with Gasteiger partial charge in [0.25, 0.3) is 0 Å². The van der Waals surface area contributed by atoms with Crippen LogP contribution in [0.15, 0.2) is 52.9 Å². The van der Waals surface area contributed by atoms with Crippen LogP contribution in [-0.4, -0.2) is 72.9 Å². The lowest BCUT2D eigenvalue weighted by Crippen LogP contribution is -2.63. The Labute approximate surface area is 305 Å². The van der Waals surface area contributed by atoms with Gasteiger partial charge in [-0.05, 0) is 67.5 Å². The Bertz CT molecular complexity index is 1530. The Kier molecular flexibility index (Phi) is 19.4. The number of ether oxygens (including phenoxy) is 2. The van der Waals surface area contributed by atoms with Crippen molar-refractivity contribution in [2.75, 3.05) is 26.6 Å². The smallest absolute Gasteiger partial charge is 0.395 e. The highest BCUT2D eigenvalue weighted by molar-refractivity contribution is 9.10. The third-order valence-electron chi connectivity index (χ3n) is 5.96. The molecule has 2 rings (SSSR count). The monoisotopic (exact) mass is 844 g/mol. The first-order chi connectivity index (χ1) is 23.3. The van der Waals surface area contributed by atoms with Crippen LogP contribution in [0.5, 0.6) is 0 Å². The van der Waals surface area contributed by atoms with Gasteiger partial charge in [-0.3, -0.25) is 0 Å². The van der Waals surface area contributed by atoms with Crippen LogP contribution in [0.25, 0.3) is 0 Å². The van der Waals surface area contributed by atoms with Crippen LogP contribution in [-0.2, 0) is 46.6 Å². The number of nitrogens with one attached hydrogen (secondary N) is 1. The summed E-state index contributed by atoms with van der Waals surface area (Å²) in [6.45, 7) is 9.07. The fourth-order valence-corrected chi connectivity index (χ4v) is 4.93. The van der Waals surface area contributed by atoms with Gasteiger partial charge in [0.2, 0.25) is 0 Å². The molecule has 51 heavy (non-hydrogen) atoms. The lowest BCUT2D eigenvalue weighted by atomic mass is 9.85. The van der Waals surface area contributed by atoms with E-state index in [1.54, 1.807) is 26.8 Å². The van der Waals surface area contributed by atoms with Crippen LogP contribution >= 0.6 is 15.9 Å². The lowest BCUT2D eigenvalue weighted by molar-refractivity contribution is -0.186. The Morgan fingerprint density at radius 1 is 0.784 bits per heavy atom. The quantitative estimate of drug-likeness (QED) is 0.101. The second kappa shape index (κ2) is 20.5. The van der Waals surface area contributed by atoms with E-state index in [0.29, 0.717) is 0 Å². The van der Waals surface area contributed by atoms with Gasteiger partial charge in [0.05, 0.1) is 39.4 Å². The Hall–Kier alpha value is -2.77. The average molecular weight is 846 g/mol. The van der Waals surface area contributed by atoms with Crippen molar-refractivity contribution in [3.8, 4) is 0 Å². The summed E-state index contributed by atoms with van der Waals surface area (Å²) >= 11 is 1.84. The van der Waals surface area contributed by atoms with E-state index < -0.39 is 90.2 Å². The molecular formula is C32H41BrF8N2O6S2. The van der Waals surface area contributed by atoms with Gasteiger partial charge >= 0.3 is 22.7 Å². The van der Waals surface area contributed by atoms with Gasteiger partial charge in [0.15, 0.2) is 5.54 Å². The van der Waals surface area contributed by atoms with Crippen LogP contribution in [0.1, 0.15) is 66.5 Å². The van der Waals surface area contributed by atoms with Gasteiger partial charge in [0.1, 0.15) is 36.0 Å². The van der Waals surface area contributed by atoms with Crippen LogP contribution in [0.2, 0.25) is 0 Å². The zero-order chi connectivity index (χ0) is 40.0. The molecule has 1 N–H and O–H groups in total. The summed E-state index contributed by atoms with van der Waals surface area (Å²) in [6.07, 6.45) is 0.